The van der Waals surface area contributed by atoms with Crippen LogP contribution in [0.5, 0.6) is 0 Å². The Hall–Kier alpha value is -1.72. The maximum atomic E-state index is 10.9. The molecular formula is C15H15ClN2O2S. The first-order valence-corrected chi connectivity index (χ1v) is 7.86. The van der Waals surface area contributed by atoms with Crippen molar-refractivity contribution in [1.82, 2.24) is 0 Å². The number of anilines is 1. The first-order valence-electron chi connectivity index (χ1n) is 6.49. The van der Waals surface area contributed by atoms with Crippen molar-refractivity contribution in [2.75, 3.05) is 11.9 Å². The normalized spacial score (nSPS) is 10.4. The lowest BCUT2D eigenvalue weighted by Gasteiger charge is -2.10. The molecule has 0 amide bonds. The fraction of sp³-hybridized carbons (Fsp3) is 0.200. The number of nitro groups is 1. The Morgan fingerprint density at radius 3 is 2.76 bits per heavy atom. The van der Waals surface area contributed by atoms with Crippen LogP contribution in [0.4, 0.5) is 11.4 Å². The first-order chi connectivity index (χ1) is 10.1. The van der Waals surface area contributed by atoms with Crippen molar-refractivity contribution < 1.29 is 4.92 Å². The summed E-state index contributed by atoms with van der Waals surface area (Å²) in [5.74, 6) is 0.643. The predicted molar refractivity (Wildman–Crippen MR) is 88.3 cm³/mol. The fourth-order valence-corrected chi connectivity index (χ4v) is 3.09. The maximum Gasteiger partial charge on any atom is 0.269 e. The molecule has 6 heteroatoms. The molecule has 0 aliphatic carbocycles. The zero-order valence-corrected chi connectivity index (χ0v) is 13.1. The molecule has 0 atom stereocenters. The van der Waals surface area contributed by atoms with Crippen molar-refractivity contribution in [3.8, 4) is 0 Å². The molecule has 0 aromatic heterocycles. The molecule has 21 heavy (non-hydrogen) atoms. The van der Waals surface area contributed by atoms with Crippen LogP contribution in [0, 0.1) is 10.1 Å². The molecule has 2 aromatic carbocycles. The summed E-state index contributed by atoms with van der Waals surface area (Å²) in [5, 5.41) is 14.8. The Morgan fingerprint density at radius 2 is 2.10 bits per heavy atom. The summed E-state index contributed by atoms with van der Waals surface area (Å²) in [6.07, 6.45) is 0. The van der Waals surface area contributed by atoms with E-state index >= 15 is 0 Å². The summed E-state index contributed by atoms with van der Waals surface area (Å²) in [6.45, 7) is 2.77. The van der Waals surface area contributed by atoms with Crippen LogP contribution in [0.15, 0.2) is 47.4 Å². The lowest BCUT2D eigenvalue weighted by molar-refractivity contribution is -0.384. The fourth-order valence-electron chi connectivity index (χ4n) is 1.89. The zero-order chi connectivity index (χ0) is 15.2. The van der Waals surface area contributed by atoms with Gasteiger partial charge in [0.25, 0.3) is 5.69 Å². The van der Waals surface area contributed by atoms with E-state index in [0.717, 1.165) is 22.7 Å². The minimum Gasteiger partial charge on any atom is -0.385 e. The molecule has 0 aliphatic heterocycles. The van der Waals surface area contributed by atoms with E-state index in [0.29, 0.717) is 10.8 Å². The van der Waals surface area contributed by atoms with E-state index in [2.05, 4.69) is 5.32 Å². The Bertz CT molecular complexity index is 649. The van der Waals surface area contributed by atoms with Crippen LogP contribution in [-0.4, -0.2) is 11.5 Å². The van der Waals surface area contributed by atoms with Crippen LogP contribution in [0.25, 0.3) is 0 Å². The molecule has 0 bridgehead atoms. The van der Waals surface area contributed by atoms with Crippen LogP contribution in [0.3, 0.4) is 0 Å². The Balaban J connectivity index is 2.20. The van der Waals surface area contributed by atoms with E-state index in [9.17, 15) is 10.1 Å². The average Bonchev–Trinajstić information content (AvgIpc) is 2.46. The highest BCUT2D eigenvalue weighted by atomic mass is 35.5. The molecule has 4 nitrogen and oxygen atoms in total. The van der Waals surface area contributed by atoms with Gasteiger partial charge >= 0.3 is 0 Å². The van der Waals surface area contributed by atoms with Gasteiger partial charge in [0.05, 0.1) is 4.92 Å². The second-order valence-electron chi connectivity index (χ2n) is 4.37. The summed E-state index contributed by atoms with van der Waals surface area (Å²) < 4.78 is 0. The highest BCUT2D eigenvalue weighted by Crippen LogP contribution is 2.30. The number of nitrogens with zero attached hydrogens (tertiary/aromatic N) is 1. The highest BCUT2D eigenvalue weighted by molar-refractivity contribution is 7.98. The van der Waals surface area contributed by atoms with Gasteiger partial charge < -0.3 is 5.32 Å². The van der Waals surface area contributed by atoms with Crippen molar-refractivity contribution in [3.05, 3.63) is 63.2 Å². The van der Waals surface area contributed by atoms with Gasteiger partial charge in [-0.1, -0.05) is 17.7 Å². The van der Waals surface area contributed by atoms with Gasteiger partial charge in [-0.2, -0.15) is 0 Å². The summed E-state index contributed by atoms with van der Waals surface area (Å²) in [4.78, 5) is 11.6. The lowest BCUT2D eigenvalue weighted by atomic mass is 10.2. The van der Waals surface area contributed by atoms with Crippen molar-refractivity contribution in [3.63, 3.8) is 0 Å². The van der Waals surface area contributed by atoms with Crippen molar-refractivity contribution in [2.45, 2.75) is 17.6 Å². The number of nitrogens with one attached hydrogen (secondary N) is 1. The van der Waals surface area contributed by atoms with Crippen molar-refractivity contribution in [2.24, 2.45) is 0 Å². The van der Waals surface area contributed by atoms with Gasteiger partial charge in [0.2, 0.25) is 0 Å². The largest absolute Gasteiger partial charge is 0.385 e. The number of non-ortho nitro benzene ring substituents is 1. The second-order valence-corrected chi connectivity index (χ2v) is 5.86. The van der Waals surface area contributed by atoms with Gasteiger partial charge in [0, 0.05) is 40.0 Å². The van der Waals surface area contributed by atoms with Gasteiger partial charge in [-0.25, -0.2) is 0 Å². The minimum absolute atomic E-state index is 0.110. The second kappa shape index (κ2) is 7.33. The third-order valence-corrected chi connectivity index (χ3v) is 4.13. The van der Waals surface area contributed by atoms with Gasteiger partial charge in [-0.05, 0) is 36.8 Å². The molecule has 0 heterocycles. The highest BCUT2D eigenvalue weighted by Gasteiger charge is 2.11. The van der Waals surface area contributed by atoms with Gasteiger partial charge in [-0.3, -0.25) is 10.1 Å². The van der Waals surface area contributed by atoms with Crippen LogP contribution < -0.4 is 5.32 Å². The van der Waals surface area contributed by atoms with E-state index in [4.69, 9.17) is 11.6 Å². The monoisotopic (exact) mass is 322 g/mol. The number of nitro benzene ring substituents is 1. The van der Waals surface area contributed by atoms with Crippen LogP contribution in [0.2, 0.25) is 5.02 Å². The average molecular weight is 323 g/mol. The molecule has 0 spiro atoms. The van der Waals surface area contributed by atoms with Gasteiger partial charge in [0.1, 0.15) is 0 Å². The Kier molecular flexibility index (Phi) is 5.47. The molecule has 0 radical (unpaired) electrons. The number of benzene rings is 2. The Morgan fingerprint density at radius 1 is 1.29 bits per heavy atom. The third-order valence-electron chi connectivity index (χ3n) is 2.86. The first kappa shape index (κ1) is 15.7. The standard InChI is InChI=1S/C15H15ClN2O2S/c1-2-17-15-7-6-13(18(19)20)8-11(15)10-21-14-5-3-4-12(16)9-14/h3-9,17H,2,10H2,1H3. The van der Waals surface area contributed by atoms with Crippen LogP contribution in [-0.2, 0) is 5.75 Å². The van der Waals surface area contributed by atoms with E-state index in [1.165, 1.54) is 6.07 Å². The molecule has 0 saturated heterocycles. The molecule has 0 unspecified atom stereocenters. The number of thioether (sulfide) groups is 1. The van der Waals surface area contributed by atoms with Gasteiger partial charge in [-0.15, -0.1) is 11.8 Å². The molecule has 2 aromatic rings. The topological polar surface area (TPSA) is 55.2 Å². The molecule has 2 rings (SSSR count). The number of halogens is 1. The summed E-state index contributed by atoms with van der Waals surface area (Å²) in [6, 6.07) is 12.5. The van der Waals surface area contributed by atoms with E-state index in [-0.39, 0.29) is 10.6 Å². The summed E-state index contributed by atoms with van der Waals surface area (Å²) >= 11 is 7.56. The summed E-state index contributed by atoms with van der Waals surface area (Å²) in [7, 11) is 0. The molecule has 110 valence electrons. The van der Waals surface area contributed by atoms with Gasteiger partial charge in [0.15, 0.2) is 0 Å². The number of hydrogen-bond donors (Lipinski definition) is 1. The molecule has 0 fully saturated rings. The predicted octanol–water partition coefficient (Wildman–Crippen LogP) is 4.97. The Labute approximate surface area is 132 Å². The number of hydrogen-bond acceptors (Lipinski definition) is 4. The zero-order valence-electron chi connectivity index (χ0n) is 11.5. The van der Waals surface area contributed by atoms with Crippen molar-refractivity contribution >= 4 is 34.7 Å². The third kappa shape index (κ3) is 4.37. The maximum absolute atomic E-state index is 10.9. The number of rotatable bonds is 6. The van der Waals surface area contributed by atoms with E-state index in [1.807, 2.05) is 31.2 Å². The molecule has 1 N–H and O–H groups in total. The minimum atomic E-state index is -0.372. The molecule has 0 saturated carbocycles. The quantitative estimate of drug-likeness (QED) is 0.463. The van der Waals surface area contributed by atoms with E-state index < -0.39 is 0 Å². The molecular weight excluding hydrogens is 308 g/mol. The molecule has 0 aliphatic rings. The summed E-state index contributed by atoms with van der Waals surface area (Å²) in [5.41, 5.74) is 1.95. The smallest absolute Gasteiger partial charge is 0.269 e. The van der Waals surface area contributed by atoms with Crippen LogP contribution in [0.1, 0.15) is 12.5 Å². The van der Waals surface area contributed by atoms with E-state index in [1.54, 1.807) is 23.9 Å². The van der Waals surface area contributed by atoms with Crippen molar-refractivity contribution in [1.29, 1.82) is 0 Å². The SMILES string of the molecule is CCNc1ccc([N+](=O)[O-])cc1CSc1cccc(Cl)c1. The van der Waals surface area contributed by atoms with Crippen LogP contribution >= 0.6 is 23.4 Å². The lowest BCUT2D eigenvalue weighted by Crippen LogP contribution is -2.01.